The highest BCUT2D eigenvalue weighted by Crippen LogP contribution is 2.18. The number of hydrogen-bond acceptors (Lipinski definition) is 5. The molecule has 0 unspecified atom stereocenters. The summed E-state index contributed by atoms with van der Waals surface area (Å²) in [6.07, 6.45) is 2.86. The van der Waals surface area contributed by atoms with E-state index in [1.807, 2.05) is 30.3 Å². The number of carboxylic acids is 1. The zero-order valence-electron chi connectivity index (χ0n) is 10.3. The first kappa shape index (κ1) is 12.1. The summed E-state index contributed by atoms with van der Waals surface area (Å²) < 4.78 is 6.79. The van der Waals surface area contributed by atoms with Gasteiger partial charge in [-0.2, -0.15) is 0 Å². The van der Waals surface area contributed by atoms with Crippen molar-refractivity contribution in [3.63, 3.8) is 0 Å². The quantitative estimate of drug-likeness (QED) is 0.775. The zero-order valence-corrected chi connectivity index (χ0v) is 10.3. The molecule has 0 aliphatic carbocycles. The second kappa shape index (κ2) is 4.96. The normalized spacial score (nSPS) is 10.6. The van der Waals surface area contributed by atoms with Crippen molar-refractivity contribution in [2.75, 3.05) is 0 Å². The third kappa shape index (κ3) is 2.41. The van der Waals surface area contributed by atoms with Gasteiger partial charge < -0.3 is 9.52 Å². The molecule has 0 atom stereocenters. The largest absolute Gasteiger partial charge is 0.476 e. The van der Waals surface area contributed by atoms with Crippen LogP contribution in [0.5, 0.6) is 0 Å². The molecule has 1 aromatic carbocycles. The van der Waals surface area contributed by atoms with Crippen LogP contribution >= 0.6 is 0 Å². The minimum Gasteiger partial charge on any atom is -0.476 e. The van der Waals surface area contributed by atoms with Gasteiger partial charge in [-0.3, -0.25) is 0 Å². The second-order valence-corrected chi connectivity index (χ2v) is 4.12. The highest BCUT2D eigenvalue weighted by atomic mass is 16.4. The van der Waals surface area contributed by atoms with Crippen LogP contribution in [0, 0.1) is 0 Å². The molecule has 0 radical (unpaired) electrons. The van der Waals surface area contributed by atoms with Crippen LogP contribution in [0.15, 0.2) is 47.2 Å². The molecule has 0 amide bonds. The maximum atomic E-state index is 10.7. The summed E-state index contributed by atoms with van der Waals surface area (Å²) >= 11 is 0. The molecule has 7 nitrogen and oxygen atoms in total. The van der Waals surface area contributed by atoms with Gasteiger partial charge in [-0.1, -0.05) is 23.4 Å². The van der Waals surface area contributed by atoms with Crippen LogP contribution < -0.4 is 0 Å². The predicted molar refractivity (Wildman–Crippen MR) is 68.0 cm³/mol. The number of carboxylic acid groups (broad SMARTS) is 1. The van der Waals surface area contributed by atoms with Crippen molar-refractivity contribution < 1.29 is 14.3 Å². The fourth-order valence-electron chi connectivity index (χ4n) is 1.73. The van der Waals surface area contributed by atoms with Gasteiger partial charge in [0, 0.05) is 5.56 Å². The maximum absolute atomic E-state index is 10.7. The lowest BCUT2D eigenvalue weighted by molar-refractivity contribution is 0.0690. The van der Waals surface area contributed by atoms with E-state index in [1.54, 1.807) is 0 Å². The van der Waals surface area contributed by atoms with Crippen LogP contribution in [0.1, 0.15) is 16.2 Å². The Morgan fingerprint density at radius 1 is 1.30 bits per heavy atom. The van der Waals surface area contributed by atoms with Crippen molar-refractivity contribution in [3.8, 4) is 11.5 Å². The summed E-state index contributed by atoms with van der Waals surface area (Å²) in [4.78, 5) is 15.0. The van der Waals surface area contributed by atoms with E-state index in [0.717, 1.165) is 5.56 Å². The summed E-state index contributed by atoms with van der Waals surface area (Å²) in [5.74, 6) is -0.597. The lowest BCUT2D eigenvalue weighted by Crippen LogP contribution is -2.00. The Morgan fingerprint density at radius 2 is 2.10 bits per heavy atom. The zero-order chi connectivity index (χ0) is 13.9. The minimum atomic E-state index is -1.11. The number of nitrogens with zero attached hydrogens (tertiary/aromatic N) is 4. The molecule has 7 heteroatoms. The van der Waals surface area contributed by atoms with E-state index >= 15 is 0 Å². The molecule has 0 fully saturated rings. The molecule has 1 N–H and O–H groups in total. The summed E-state index contributed by atoms with van der Waals surface area (Å²) in [5, 5.41) is 16.0. The first-order valence-electron chi connectivity index (χ1n) is 5.85. The van der Waals surface area contributed by atoms with E-state index in [2.05, 4.69) is 15.3 Å². The summed E-state index contributed by atoms with van der Waals surface area (Å²) in [5.41, 5.74) is 1.42. The van der Waals surface area contributed by atoms with Crippen molar-refractivity contribution in [3.05, 3.63) is 54.2 Å². The Kier molecular flexibility index (Phi) is 3.00. The van der Waals surface area contributed by atoms with Crippen LogP contribution in [-0.2, 0) is 6.54 Å². The molecule has 2 aromatic heterocycles. The van der Waals surface area contributed by atoms with Crippen LogP contribution in [-0.4, -0.2) is 31.1 Å². The van der Waals surface area contributed by atoms with Gasteiger partial charge in [0.25, 0.3) is 0 Å². The SMILES string of the molecule is O=C(O)c1cn(Cc2coc(-c3ccccc3)n2)nn1. The van der Waals surface area contributed by atoms with E-state index in [4.69, 9.17) is 9.52 Å². The number of aromatic nitrogens is 4. The van der Waals surface area contributed by atoms with Gasteiger partial charge in [-0.25, -0.2) is 14.5 Å². The first-order chi connectivity index (χ1) is 9.72. The minimum absolute atomic E-state index is 0.100. The standard InChI is InChI=1S/C13H10N4O3/c18-13(19)11-7-17(16-15-11)6-10-8-20-12(14-10)9-4-2-1-3-5-9/h1-5,7-8H,6H2,(H,18,19). The van der Waals surface area contributed by atoms with Crippen LogP contribution in [0.3, 0.4) is 0 Å². The van der Waals surface area contributed by atoms with Crippen LogP contribution in [0.25, 0.3) is 11.5 Å². The number of benzene rings is 1. The molecule has 100 valence electrons. The van der Waals surface area contributed by atoms with Crippen molar-refractivity contribution in [2.24, 2.45) is 0 Å². The fourth-order valence-corrected chi connectivity index (χ4v) is 1.73. The Labute approximate surface area is 113 Å². The van der Waals surface area contributed by atoms with Gasteiger partial charge in [0.05, 0.1) is 12.7 Å². The summed E-state index contributed by atoms with van der Waals surface area (Å²) in [7, 11) is 0. The molecule has 0 saturated carbocycles. The van der Waals surface area contributed by atoms with Crippen molar-refractivity contribution in [1.82, 2.24) is 20.0 Å². The number of carbonyl (C=O) groups is 1. The lowest BCUT2D eigenvalue weighted by atomic mass is 10.2. The average Bonchev–Trinajstić information content (AvgIpc) is 3.10. The Morgan fingerprint density at radius 3 is 2.80 bits per heavy atom. The molecule has 0 bridgehead atoms. The predicted octanol–water partition coefficient (Wildman–Crippen LogP) is 1.68. The number of hydrogen-bond donors (Lipinski definition) is 1. The van der Waals surface area contributed by atoms with Crippen molar-refractivity contribution in [2.45, 2.75) is 6.54 Å². The maximum Gasteiger partial charge on any atom is 0.358 e. The van der Waals surface area contributed by atoms with E-state index in [9.17, 15) is 4.79 Å². The third-order valence-electron chi connectivity index (χ3n) is 2.65. The molecule has 0 aliphatic heterocycles. The molecular formula is C13H10N4O3. The number of rotatable bonds is 4. The molecule has 3 rings (SSSR count). The molecule has 20 heavy (non-hydrogen) atoms. The van der Waals surface area contributed by atoms with Gasteiger partial charge >= 0.3 is 5.97 Å². The molecule has 0 saturated heterocycles. The van der Waals surface area contributed by atoms with Gasteiger partial charge in [0.15, 0.2) is 5.69 Å². The van der Waals surface area contributed by atoms with Crippen molar-refractivity contribution in [1.29, 1.82) is 0 Å². The highest BCUT2D eigenvalue weighted by Gasteiger charge is 2.11. The average molecular weight is 270 g/mol. The Bertz CT molecular complexity index is 733. The van der Waals surface area contributed by atoms with E-state index in [1.165, 1.54) is 17.1 Å². The molecule has 0 spiro atoms. The molecule has 3 aromatic rings. The van der Waals surface area contributed by atoms with Gasteiger partial charge in [-0.15, -0.1) is 5.10 Å². The summed E-state index contributed by atoms with van der Waals surface area (Å²) in [6, 6.07) is 9.50. The third-order valence-corrected chi connectivity index (χ3v) is 2.65. The topological polar surface area (TPSA) is 94.0 Å². The fraction of sp³-hybridized carbons (Fsp3) is 0.0769. The monoisotopic (exact) mass is 270 g/mol. The molecular weight excluding hydrogens is 260 g/mol. The number of aromatic carboxylic acids is 1. The number of oxazole rings is 1. The van der Waals surface area contributed by atoms with Gasteiger partial charge in [0.1, 0.15) is 12.0 Å². The Hall–Kier alpha value is -2.96. The van der Waals surface area contributed by atoms with E-state index < -0.39 is 5.97 Å². The Balaban J connectivity index is 1.78. The lowest BCUT2D eigenvalue weighted by Gasteiger charge is -1.94. The van der Waals surface area contributed by atoms with Crippen LogP contribution in [0.2, 0.25) is 0 Å². The van der Waals surface area contributed by atoms with E-state index in [-0.39, 0.29) is 5.69 Å². The van der Waals surface area contributed by atoms with E-state index in [0.29, 0.717) is 18.1 Å². The molecule has 0 aliphatic rings. The van der Waals surface area contributed by atoms with Gasteiger partial charge in [0.2, 0.25) is 5.89 Å². The van der Waals surface area contributed by atoms with Crippen LogP contribution in [0.4, 0.5) is 0 Å². The smallest absolute Gasteiger partial charge is 0.358 e. The highest BCUT2D eigenvalue weighted by molar-refractivity contribution is 5.84. The van der Waals surface area contributed by atoms with Crippen molar-refractivity contribution >= 4 is 5.97 Å². The molecule has 2 heterocycles. The van der Waals surface area contributed by atoms with Gasteiger partial charge in [-0.05, 0) is 12.1 Å². The first-order valence-corrected chi connectivity index (χ1v) is 5.85. The summed E-state index contributed by atoms with van der Waals surface area (Å²) in [6.45, 7) is 0.302. The second-order valence-electron chi connectivity index (χ2n) is 4.12.